The van der Waals surface area contributed by atoms with Crippen LogP contribution in [0.3, 0.4) is 0 Å². The summed E-state index contributed by atoms with van der Waals surface area (Å²) in [7, 11) is 0. The molecule has 0 aliphatic heterocycles. The fourth-order valence-electron chi connectivity index (χ4n) is 1.92. The molecule has 20 heavy (non-hydrogen) atoms. The Kier molecular flexibility index (Phi) is 5.61. The summed E-state index contributed by atoms with van der Waals surface area (Å²) in [5, 5.41) is 7.58. The van der Waals surface area contributed by atoms with Crippen LogP contribution in [0.15, 0.2) is 35.1 Å². The molecule has 4 nitrogen and oxygen atoms in total. The van der Waals surface area contributed by atoms with E-state index in [4.69, 9.17) is 4.74 Å². The van der Waals surface area contributed by atoms with Gasteiger partial charge in [-0.2, -0.15) is 5.10 Å². The number of hydrogen-bond acceptors (Lipinski definition) is 3. The van der Waals surface area contributed by atoms with Gasteiger partial charge in [-0.3, -0.25) is 4.68 Å². The molecule has 108 valence electrons. The molecule has 2 aromatic rings. The largest absolute Gasteiger partial charge is 0.487 e. The van der Waals surface area contributed by atoms with Crippen molar-refractivity contribution in [2.45, 2.75) is 33.5 Å². The summed E-state index contributed by atoms with van der Waals surface area (Å²) in [6.07, 6.45) is 3.87. The maximum atomic E-state index is 5.97. The van der Waals surface area contributed by atoms with Gasteiger partial charge in [0, 0.05) is 30.4 Å². The second-order valence-corrected chi connectivity index (χ2v) is 5.36. The molecule has 0 saturated heterocycles. The summed E-state index contributed by atoms with van der Waals surface area (Å²) in [5.74, 6) is 0.901. The summed E-state index contributed by atoms with van der Waals surface area (Å²) < 4.78 is 8.85. The number of rotatable bonds is 7. The molecule has 0 aliphatic rings. The molecule has 0 fully saturated rings. The maximum absolute atomic E-state index is 5.97. The van der Waals surface area contributed by atoms with Gasteiger partial charge in [-0.05, 0) is 35.5 Å². The maximum Gasteiger partial charge on any atom is 0.138 e. The molecule has 1 heterocycles. The Hall–Kier alpha value is -1.33. The van der Waals surface area contributed by atoms with Crippen molar-refractivity contribution in [3.63, 3.8) is 0 Å². The molecule has 1 N–H and O–H groups in total. The Morgan fingerprint density at radius 1 is 1.35 bits per heavy atom. The van der Waals surface area contributed by atoms with Gasteiger partial charge in [0.2, 0.25) is 0 Å². The molecule has 1 aromatic heterocycles. The lowest BCUT2D eigenvalue weighted by Crippen LogP contribution is -2.13. The van der Waals surface area contributed by atoms with Crippen LogP contribution in [-0.4, -0.2) is 16.3 Å². The Labute approximate surface area is 128 Å². The highest BCUT2D eigenvalue weighted by Gasteiger charge is 2.08. The number of nitrogens with zero attached hydrogens (tertiary/aromatic N) is 2. The zero-order chi connectivity index (χ0) is 14.4. The van der Waals surface area contributed by atoms with Crippen LogP contribution in [-0.2, 0) is 19.7 Å². The Balaban J connectivity index is 2.07. The fraction of sp³-hybridized carbons (Fsp3) is 0.400. The quantitative estimate of drug-likeness (QED) is 0.841. The lowest BCUT2D eigenvalue weighted by atomic mass is 10.2. The number of ether oxygens (including phenoxy) is 1. The van der Waals surface area contributed by atoms with Crippen LogP contribution in [0, 0.1) is 0 Å². The van der Waals surface area contributed by atoms with Gasteiger partial charge in [0.25, 0.3) is 0 Å². The van der Waals surface area contributed by atoms with E-state index in [0.29, 0.717) is 6.61 Å². The van der Waals surface area contributed by atoms with E-state index in [-0.39, 0.29) is 0 Å². The van der Waals surface area contributed by atoms with Gasteiger partial charge >= 0.3 is 0 Å². The van der Waals surface area contributed by atoms with Gasteiger partial charge in [-0.1, -0.05) is 19.1 Å². The third-order valence-electron chi connectivity index (χ3n) is 3.01. The van der Waals surface area contributed by atoms with Crippen LogP contribution in [0.4, 0.5) is 0 Å². The first kappa shape index (κ1) is 15.1. The third kappa shape index (κ3) is 3.84. The fourth-order valence-corrected chi connectivity index (χ4v) is 2.45. The first-order chi connectivity index (χ1) is 9.74. The van der Waals surface area contributed by atoms with E-state index in [1.807, 2.05) is 29.2 Å². The molecule has 5 heteroatoms. The predicted octanol–water partition coefficient (Wildman–Crippen LogP) is 3.35. The topological polar surface area (TPSA) is 39.1 Å². The molecule has 0 amide bonds. The van der Waals surface area contributed by atoms with Crippen LogP contribution >= 0.6 is 15.9 Å². The van der Waals surface area contributed by atoms with Crippen molar-refractivity contribution in [2.24, 2.45) is 0 Å². The summed E-state index contributed by atoms with van der Waals surface area (Å²) in [6, 6.07) is 6.11. The summed E-state index contributed by atoms with van der Waals surface area (Å²) >= 11 is 3.56. The second kappa shape index (κ2) is 7.45. The monoisotopic (exact) mass is 337 g/mol. The Bertz CT molecular complexity index is 554. The molecular formula is C15H20BrN3O. The zero-order valence-electron chi connectivity index (χ0n) is 11.9. The molecular weight excluding hydrogens is 318 g/mol. The molecule has 0 atom stereocenters. The highest BCUT2D eigenvalue weighted by molar-refractivity contribution is 9.10. The highest BCUT2D eigenvalue weighted by Crippen LogP contribution is 2.29. The van der Waals surface area contributed by atoms with Crippen LogP contribution in [0.5, 0.6) is 5.75 Å². The molecule has 0 spiro atoms. The first-order valence-corrected chi connectivity index (χ1v) is 7.66. The summed E-state index contributed by atoms with van der Waals surface area (Å²) in [6.45, 7) is 7.31. The van der Waals surface area contributed by atoms with E-state index in [1.165, 1.54) is 0 Å². The lowest BCUT2D eigenvalue weighted by Gasteiger charge is -2.13. The van der Waals surface area contributed by atoms with Gasteiger partial charge in [-0.15, -0.1) is 0 Å². The smallest absolute Gasteiger partial charge is 0.138 e. The summed E-state index contributed by atoms with van der Waals surface area (Å²) in [5.41, 5.74) is 2.24. The van der Waals surface area contributed by atoms with Crippen molar-refractivity contribution in [1.82, 2.24) is 15.1 Å². The van der Waals surface area contributed by atoms with E-state index in [0.717, 1.165) is 41.0 Å². The van der Waals surface area contributed by atoms with Crippen molar-refractivity contribution in [1.29, 1.82) is 0 Å². The van der Waals surface area contributed by atoms with Crippen LogP contribution in [0.25, 0.3) is 0 Å². The zero-order valence-corrected chi connectivity index (χ0v) is 13.5. The number of aromatic nitrogens is 2. The average Bonchev–Trinajstić information content (AvgIpc) is 2.92. The van der Waals surface area contributed by atoms with E-state index in [2.05, 4.69) is 46.3 Å². The van der Waals surface area contributed by atoms with E-state index >= 15 is 0 Å². The number of benzene rings is 1. The number of aryl methyl sites for hydroxylation is 1. The van der Waals surface area contributed by atoms with Gasteiger partial charge in [0.15, 0.2) is 0 Å². The second-order valence-electron chi connectivity index (χ2n) is 4.50. The van der Waals surface area contributed by atoms with Crippen molar-refractivity contribution in [3.8, 4) is 5.75 Å². The van der Waals surface area contributed by atoms with Gasteiger partial charge in [0.1, 0.15) is 12.4 Å². The number of para-hydroxylation sites is 1. The van der Waals surface area contributed by atoms with Crippen molar-refractivity contribution in [3.05, 3.63) is 46.2 Å². The normalized spacial score (nSPS) is 10.8. The Morgan fingerprint density at radius 3 is 2.90 bits per heavy atom. The third-order valence-corrected chi connectivity index (χ3v) is 3.63. The van der Waals surface area contributed by atoms with Crippen molar-refractivity contribution >= 4 is 15.9 Å². The highest BCUT2D eigenvalue weighted by atomic mass is 79.9. The van der Waals surface area contributed by atoms with Crippen molar-refractivity contribution < 1.29 is 4.74 Å². The predicted molar refractivity (Wildman–Crippen MR) is 83.8 cm³/mol. The molecule has 0 aliphatic carbocycles. The molecule has 0 bridgehead atoms. The van der Waals surface area contributed by atoms with Crippen LogP contribution < -0.4 is 10.1 Å². The minimum atomic E-state index is 0.530. The molecule has 0 radical (unpaired) electrons. The first-order valence-electron chi connectivity index (χ1n) is 6.86. The van der Waals surface area contributed by atoms with Gasteiger partial charge in [-0.25, -0.2) is 0 Å². The number of hydrogen-bond donors (Lipinski definition) is 1. The average molecular weight is 338 g/mol. The molecule has 0 saturated carbocycles. The Morgan fingerprint density at radius 2 is 2.20 bits per heavy atom. The molecule has 0 unspecified atom stereocenters. The number of halogens is 1. The number of nitrogens with one attached hydrogen (secondary N) is 1. The van der Waals surface area contributed by atoms with Crippen LogP contribution in [0.2, 0.25) is 0 Å². The van der Waals surface area contributed by atoms with E-state index in [1.54, 1.807) is 0 Å². The lowest BCUT2D eigenvalue weighted by molar-refractivity contribution is 0.300. The molecule has 1 aromatic carbocycles. The minimum absolute atomic E-state index is 0.530. The van der Waals surface area contributed by atoms with Gasteiger partial charge < -0.3 is 10.1 Å². The van der Waals surface area contributed by atoms with E-state index < -0.39 is 0 Å². The van der Waals surface area contributed by atoms with Gasteiger partial charge in [0.05, 0.1) is 10.7 Å². The van der Waals surface area contributed by atoms with Crippen molar-refractivity contribution in [2.75, 3.05) is 6.54 Å². The summed E-state index contributed by atoms with van der Waals surface area (Å²) in [4.78, 5) is 0. The standard InChI is InChI=1S/C15H20BrN3O/c1-3-17-9-13-6-5-7-14(16)15(13)20-11-12-8-18-19(4-2)10-12/h5-8,10,17H,3-4,9,11H2,1-2H3. The SMILES string of the molecule is CCNCc1cccc(Br)c1OCc1cnn(CC)c1. The van der Waals surface area contributed by atoms with E-state index in [9.17, 15) is 0 Å². The minimum Gasteiger partial charge on any atom is -0.487 e. The van der Waals surface area contributed by atoms with Crippen LogP contribution in [0.1, 0.15) is 25.0 Å². The molecule has 2 rings (SSSR count).